The predicted octanol–water partition coefficient (Wildman–Crippen LogP) is 2.61. The van der Waals surface area contributed by atoms with Gasteiger partial charge in [0.2, 0.25) is 0 Å². The van der Waals surface area contributed by atoms with Gasteiger partial charge < -0.3 is 14.6 Å². The normalized spacial score (nSPS) is 14.8. The number of nitrogens with zero attached hydrogens (tertiary/aromatic N) is 4. The lowest BCUT2D eigenvalue weighted by Crippen LogP contribution is -2.35. The highest BCUT2D eigenvalue weighted by Crippen LogP contribution is 2.21. The summed E-state index contributed by atoms with van der Waals surface area (Å²) in [5.74, 6) is 0.988. The number of carbonyl (C=O) groups excluding carboxylic acids is 1. The molecule has 3 rings (SSSR count). The number of fused-ring (bicyclic) bond motifs is 1. The van der Waals surface area contributed by atoms with Gasteiger partial charge in [0, 0.05) is 33.7 Å². The molecule has 0 atom stereocenters. The lowest BCUT2D eigenvalue weighted by molar-refractivity contribution is 0.0713. The monoisotopic (exact) mass is 384 g/mol. The Balaban J connectivity index is 1.64. The molecule has 2 aromatic rings. The SMILES string of the molecule is Cc1nc2n(c1C(=O)N(C)C)CCN(Cc1ccc(CCC(C)(C)O)cc1)C2. The molecule has 0 bridgehead atoms. The Kier molecular flexibility index (Phi) is 5.91. The van der Waals surface area contributed by atoms with Crippen molar-refractivity contribution in [1.82, 2.24) is 19.4 Å². The molecule has 1 N–H and O–H groups in total. The third kappa shape index (κ3) is 4.80. The van der Waals surface area contributed by atoms with Gasteiger partial charge in [0.25, 0.3) is 5.91 Å². The van der Waals surface area contributed by atoms with Crippen LogP contribution in [-0.2, 0) is 26.1 Å². The van der Waals surface area contributed by atoms with Crippen LogP contribution in [0.2, 0.25) is 0 Å². The highest BCUT2D eigenvalue weighted by atomic mass is 16.3. The van der Waals surface area contributed by atoms with Crippen LogP contribution in [-0.4, -0.2) is 56.6 Å². The summed E-state index contributed by atoms with van der Waals surface area (Å²) in [4.78, 5) is 21.1. The molecule has 0 saturated heterocycles. The Bertz CT molecular complexity index is 831. The first-order chi connectivity index (χ1) is 13.1. The maximum absolute atomic E-state index is 12.5. The zero-order chi connectivity index (χ0) is 20.5. The van der Waals surface area contributed by atoms with E-state index >= 15 is 0 Å². The van der Waals surface area contributed by atoms with E-state index in [2.05, 4.69) is 38.7 Å². The lowest BCUT2D eigenvalue weighted by Gasteiger charge is -2.28. The molecule has 0 radical (unpaired) electrons. The van der Waals surface area contributed by atoms with Gasteiger partial charge in [-0.2, -0.15) is 0 Å². The van der Waals surface area contributed by atoms with Gasteiger partial charge in [-0.3, -0.25) is 9.69 Å². The summed E-state index contributed by atoms with van der Waals surface area (Å²) in [5.41, 5.74) is 3.43. The van der Waals surface area contributed by atoms with E-state index in [9.17, 15) is 9.90 Å². The Morgan fingerprint density at radius 1 is 1.18 bits per heavy atom. The number of imidazole rings is 1. The number of hydrogen-bond donors (Lipinski definition) is 1. The molecule has 152 valence electrons. The standard InChI is InChI=1S/C22H32N4O2/c1-16-20(21(27)24(4)5)26-13-12-25(15-19(26)23-16)14-18-8-6-17(7-9-18)10-11-22(2,3)28/h6-9,28H,10-15H2,1-5H3. The molecule has 6 nitrogen and oxygen atoms in total. The van der Waals surface area contributed by atoms with Crippen molar-refractivity contribution in [3.8, 4) is 0 Å². The molecule has 0 fully saturated rings. The molecule has 0 aliphatic carbocycles. The molecule has 1 aliphatic heterocycles. The van der Waals surface area contributed by atoms with Crippen LogP contribution >= 0.6 is 0 Å². The van der Waals surface area contributed by atoms with Gasteiger partial charge in [-0.05, 0) is 44.7 Å². The molecule has 0 unspecified atom stereocenters. The van der Waals surface area contributed by atoms with Crippen molar-refractivity contribution in [3.05, 3.63) is 52.6 Å². The Morgan fingerprint density at radius 3 is 2.43 bits per heavy atom. The first-order valence-corrected chi connectivity index (χ1v) is 9.94. The maximum atomic E-state index is 12.5. The van der Waals surface area contributed by atoms with Crippen LogP contribution in [0.3, 0.4) is 0 Å². The maximum Gasteiger partial charge on any atom is 0.271 e. The van der Waals surface area contributed by atoms with Crippen molar-refractivity contribution in [2.45, 2.75) is 58.8 Å². The number of benzene rings is 1. The first kappa shape index (κ1) is 20.6. The first-order valence-electron chi connectivity index (χ1n) is 9.94. The number of carbonyl (C=O) groups is 1. The van der Waals surface area contributed by atoms with Gasteiger partial charge in [-0.25, -0.2) is 4.98 Å². The van der Waals surface area contributed by atoms with Crippen LogP contribution in [0.1, 0.15) is 53.4 Å². The highest BCUT2D eigenvalue weighted by Gasteiger charge is 2.26. The number of hydrogen-bond acceptors (Lipinski definition) is 4. The molecular formula is C22H32N4O2. The molecule has 28 heavy (non-hydrogen) atoms. The summed E-state index contributed by atoms with van der Waals surface area (Å²) in [5, 5.41) is 9.88. The molecule has 2 heterocycles. The van der Waals surface area contributed by atoms with E-state index in [-0.39, 0.29) is 5.91 Å². The molecule has 1 aliphatic rings. The summed E-state index contributed by atoms with van der Waals surface area (Å²) in [6, 6.07) is 8.66. The summed E-state index contributed by atoms with van der Waals surface area (Å²) in [6.07, 6.45) is 1.64. The molecule has 1 amide bonds. The van der Waals surface area contributed by atoms with E-state index in [0.717, 1.165) is 56.2 Å². The lowest BCUT2D eigenvalue weighted by atomic mass is 9.98. The summed E-state index contributed by atoms with van der Waals surface area (Å²) in [7, 11) is 3.56. The quantitative estimate of drug-likeness (QED) is 0.832. The molecular weight excluding hydrogens is 352 g/mol. The summed E-state index contributed by atoms with van der Waals surface area (Å²) < 4.78 is 2.08. The second kappa shape index (κ2) is 8.05. The fraction of sp³-hybridized carbons (Fsp3) is 0.545. The van der Waals surface area contributed by atoms with E-state index in [4.69, 9.17) is 0 Å². The average molecular weight is 385 g/mol. The van der Waals surface area contributed by atoms with E-state index < -0.39 is 5.60 Å². The smallest absolute Gasteiger partial charge is 0.271 e. The second-order valence-electron chi connectivity index (χ2n) is 8.65. The minimum Gasteiger partial charge on any atom is -0.390 e. The molecule has 1 aromatic carbocycles. The zero-order valence-corrected chi connectivity index (χ0v) is 17.7. The molecule has 1 aromatic heterocycles. The van der Waals surface area contributed by atoms with Gasteiger partial charge in [0.1, 0.15) is 11.5 Å². The van der Waals surface area contributed by atoms with Crippen molar-refractivity contribution < 1.29 is 9.90 Å². The van der Waals surface area contributed by atoms with Crippen molar-refractivity contribution in [2.75, 3.05) is 20.6 Å². The summed E-state index contributed by atoms with van der Waals surface area (Å²) in [6.45, 7) is 8.92. The number of aliphatic hydroxyl groups is 1. The number of rotatable bonds is 6. The minimum atomic E-state index is -0.626. The third-order valence-corrected chi connectivity index (χ3v) is 5.29. The largest absolute Gasteiger partial charge is 0.390 e. The Hall–Kier alpha value is -2.18. The van der Waals surface area contributed by atoms with Gasteiger partial charge in [-0.1, -0.05) is 24.3 Å². The van der Waals surface area contributed by atoms with E-state index in [1.54, 1.807) is 19.0 Å². The Labute approximate surface area is 167 Å². The number of amides is 1. The topological polar surface area (TPSA) is 61.6 Å². The van der Waals surface area contributed by atoms with Crippen LogP contribution in [0.15, 0.2) is 24.3 Å². The van der Waals surface area contributed by atoms with E-state index in [1.165, 1.54) is 11.1 Å². The van der Waals surface area contributed by atoms with Gasteiger partial charge in [0.15, 0.2) is 0 Å². The van der Waals surface area contributed by atoms with Crippen molar-refractivity contribution >= 4 is 5.91 Å². The number of aryl methyl sites for hydroxylation is 2. The predicted molar refractivity (Wildman–Crippen MR) is 110 cm³/mol. The summed E-state index contributed by atoms with van der Waals surface area (Å²) >= 11 is 0. The van der Waals surface area contributed by atoms with Gasteiger partial charge in [-0.15, -0.1) is 0 Å². The van der Waals surface area contributed by atoms with E-state index in [0.29, 0.717) is 0 Å². The van der Waals surface area contributed by atoms with Crippen LogP contribution in [0.5, 0.6) is 0 Å². The van der Waals surface area contributed by atoms with Crippen LogP contribution in [0, 0.1) is 6.92 Å². The Morgan fingerprint density at radius 2 is 1.82 bits per heavy atom. The van der Waals surface area contributed by atoms with E-state index in [1.807, 2.05) is 20.8 Å². The van der Waals surface area contributed by atoms with Crippen LogP contribution in [0.25, 0.3) is 0 Å². The van der Waals surface area contributed by atoms with Crippen molar-refractivity contribution in [1.29, 1.82) is 0 Å². The highest BCUT2D eigenvalue weighted by molar-refractivity contribution is 5.93. The average Bonchev–Trinajstić information content (AvgIpc) is 2.94. The van der Waals surface area contributed by atoms with Crippen molar-refractivity contribution in [3.63, 3.8) is 0 Å². The van der Waals surface area contributed by atoms with Gasteiger partial charge in [0.05, 0.1) is 17.8 Å². The van der Waals surface area contributed by atoms with Crippen LogP contribution < -0.4 is 0 Å². The van der Waals surface area contributed by atoms with Gasteiger partial charge >= 0.3 is 0 Å². The van der Waals surface area contributed by atoms with Crippen LogP contribution in [0.4, 0.5) is 0 Å². The fourth-order valence-electron chi connectivity index (χ4n) is 3.65. The molecule has 6 heteroatoms. The minimum absolute atomic E-state index is 0.0198. The number of aromatic nitrogens is 2. The zero-order valence-electron chi connectivity index (χ0n) is 17.7. The third-order valence-electron chi connectivity index (χ3n) is 5.29. The second-order valence-corrected chi connectivity index (χ2v) is 8.65. The molecule has 0 saturated carbocycles. The fourth-order valence-corrected chi connectivity index (χ4v) is 3.65. The van der Waals surface area contributed by atoms with Crippen molar-refractivity contribution in [2.24, 2.45) is 0 Å². The molecule has 0 spiro atoms.